The van der Waals surface area contributed by atoms with Crippen molar-refractivity contribution < 1.29 is 0 Å². The number of aryl methyl sites for hydroxylation is 3. The molecule has 0 aliphatic carbocycles. The van der Waals surface area contributed by atoms with Gasteiger partial charge >= 0.3 is 0 Å². The van der Waals surface area contributed by atoms with Crippen molar-refractivity contribution in [3.63, 3.8) is 0 Å². The van der Waals surface area contributed by atoms with Gasteiger partial charge in [-0.25, -0.2) is 0 Å². The highest BCUT2D eigenvalue weighted by molar-refractivity contribution is 5.56. The quantitative estimate of drug-likeness (QED) is 0.380. The van der Waals surface area contributed by atoms with Gasteiger partial charge in [-0.1, -0.05) is 89.1 Å². The molecule has 1 unspecified atom stereocenters. The molecule has 2 aromatic rings. The average Bonchev–Trinajstić information content (AvgIpc) is 2.70. The number of allylic oxidation sites excluding steroid dienone is 1. The minimum atomic E-state index is 0.0983. The van der Waals surface area contributed by atoms with E-state index in [1.807, 2.05) is 0 Å². The van der Waals surface area contributed by atoms with E-state index in [1.54, 1.807) is 0 Å². The summed E-state index contributed by atoms with van der Waals surface area (Å²) in [5.41, 5.74) is 8.52. The summed E-state index contributed by atoms with van der Waals surface area (Å²) in [4.78, 5) is 0. The van der Waals surface area contributed by atoms with Crippen LogP contribution in [0.25, 0.3) is 6.08 Å². The molecule has 0 saturated heterocycles. The van der Waals surface area contributed by atoms with Gasteiger partial charge in [0.1, 0.15) is 0 Å². The number of hydrogen-bond acceptors (Lipinski definition) is 0. The maximum atomic E-state index is 2.43. The molecule has 2 aromatic carbocycles. The maximum absolute atomic E-state index is 2.43. The van der Waals surface area contributed by atoms with Crippen LogP contribution >= 0.6 is 0 Å². The van der Waals surface area contributed by atoms with Gasteiger partial charge in [0.25, 0.3) is 0 Å². The molecule has 158 valence electrons. The average molecular weight is 391 g/mol. The molecule has 2 rings (SSSR count). The minimum Gasteiger partial charge on any atom is -0.0839 e. The molecule has 0 aromatic heterocycles. The van der Waals surface area contributed by atoms with E-state index < -0.39 is 0 Å². The summed E-state index contributed by atoms with van der Waals surface area (Å²) in [6.45, 7) is 16.0. The summed E-state index contributed by atoms with van der Waals surface area (Å²) in [7, 11) is 0. The zero-order valence-electron chi connectivity index (χ0n) is 19.9. The first-order valence-corrected chi connectivity index (χ1v) is 11.7. The second-order valence-corrected chi connectivity index (χ2v) is 9.03. The van der Waals surface area contributed by atoms with Crippen LogP contribution in [-0.2, 0) is 5.41 Å². The Balaban J connectivity index is 2.26. The lowest BCUT2D eigenvalue weighted by molar-refractivity contribution is 0.477. The van der Waals surface area contributed by atoms with Crippen LogP contribution in [0.3, 0.4) is 0 Å². The summed E-state index contributed by atoms with van der Waals surface area (Å²) < 4.78 is 0. The highest BCUT2D eigenvalue weighted by Crippen LogP contribution is 2.40. The molecule has 0 heterocycles. The monoisotopic (exact) mass is 390 g/mol. The Morgan fingerprint density at radius 3 is 1.97 bits per heavy atom. The van der Waals surface area contributed by atoms with Crippen LogP contribution in [0.2, 0.25) is 0 Å². The van der Waals surface area contributed by atoms with Gasteiger partial charge in [-0.3, -0.25) is 0 Å². The number of hydrogen-bond donors (Lipinski definition) is 0. The van der Waals surface area contributed by atoms with E-state index in [9.17, 15) is 0 Å². The van der Waals surface area contributed by atoms with Gasteiger partial charge in [0, 0.05) is 5.41 Å². The molecule has 0 radical (unpaired) electrons. The first-order chi connectivity index (χ1) is 13.9. The summed E-state index contributed by atoms with van der Waals surface area (Å²) in [6, 6.07) is 14.2. The van der Waals surface area contributed by atoms with Crippen LogP contribution < -0.4 is 0 Å². The van der Waals surface area contributed by atoms with Gasteiger partial charge in [-0.2, -0.15) is 0 Å². The van der Waals surface area contributed by atoms with Crippen LogP contribution in [0, 0.1) is 26.7 Å². The van der Waals surface area contributed by atoms with Gasteiger partial charge in [-0.15, -0.1) is 0 Å². The molecule has 1 atom stereocenters. The molecule has 0 N–H and O–H groups in total. The molecule has 0 amide bonds. The highest BCUT2D eigenvalue weighted by Gasteiger charge is 2.31. The number of benzene rings is 2. The normalized spacial score (nSPS) is 13.2. The predicted octanol–water partition coefficient (Wildman–Crippen LogP) is 8.95. The van der Waals surface area contributed by atoms with Crippen molar-refractivity contribution in [1.29, 1.82) is 0 Å². The van der Waals surface area contributed by atoms with Crippen LogP contribution in [0.4, 0.5) is 0 Å². The maximum Gasteiger partial charge on any atom is 0.0197 e. The van der Waals surface area contributed by atoms with Crippen molar-refractivity contribution >= 4 is 6.08 Å². The van der Waals surface area contributed by atoms with E-state index in [0.717, 1.165) is 18.8 Å². The zero-order chi connectivity index (χ0) is 21.4. The lowest BCUT2D eigenvalue weighted by atomic mass is 9.69. The third-order valence-corrected chi connectivity index (χ3v) is 6.99. The van der Waals surface area contributed by atoms with E-state index in [2.05, 4.69) is 97.0 Å². The molecule has 0 saturated carbocycles. The molecule has 0 fully saturated rings. The van der Waals surface area contributed by atoms with Crippen molar-refractivity contribution in [2.24, 2.45) is 5.92 Å². The van der Waals surface area contributed by atoms with Gasteiger partial charge in [0.15, 0.2) is 0 Å². The molecule has 0 bridgehead atoms. The molecular formula is C29H42. The fraction of sp³-hybridized carbons (Fsp3) is 0.517. The van der Waals surface area contributed by atoms with Crippen molar-refractivity contribution in [1.82, 2.24) is 0 Å². The third kappa shape index (κ3) is 5.62. The summed E-state index contributed by atoms with van der Waals surface area (Å²) in [5.74, 6) is 0.834. The van der Waals surface area contributed by atoms with Gasteiger partial charge in [0.2, 0.25) is 0 Å². The summed E-state index contributed by atoms with van der Waals surface area (Å²) in [5, 5.41) is 0. The molecule has 29 heavy (non-hydrogen) atoms. The second kappa shape index (κ2) is 10.8. The second-order valence-electron chi connectivity index (χ2n) is 9.03. The topological polar surface area (TPSA) is 0 Å². The predicted molar refractivity (Wildman–Crippen MR) is 131 cm³/mol. The lowest BCUT2D eigenvalue weighted by Crippen LogP contribution is -2.26. The van der Waals surface area contributed by atoms with E-state index in [0.29, 0.717) is 0 Å². The molecule has 0 spiro atoms. The van der Waals surface area contributed by atoms with Crippen molar-refractivity contribution in [3.8, 4) is 0 Å². The Morgan fingerprint density at radius 1 is 0.793 bits per heavy atom. The zero-order valence-corrected chi connectivity index (χ0v) is 19.9. The SMILES string of the molecule is CCCC(C)CC/C=C/c1ccc(C(CC)(CC)c2ccc(C)c(C)c2)cc1C. The molecular weight excluding hydrogens is 348 g/mol. The minimum absolute atomic E-state index is 0.0983. The van der Waals surface area contributed by atoms with Crippen molar-refractivity contribution in [2.75, 3.05) is 0 Å². The van der Waals surface area contributed by atoms with Crippen LogP contribution in [0.1, 0.15) is 99.6 Å². The van der Waals surface area contributed by atoms with E-state index in [-0.39, 0.29) is 5.41 Å². The van der Waals surface area contributed by atoms with E-state index >= 15 is 0 Å². The fourth-order valence-corrected chi connectivity index (χ4v) is 4.66. The Kier molecular flexibility index (Phi) is 8.75. The van der Waals surface area contributed by atoms with Crippen LogP contribution in [0.5, 0.6) is 0 Å². The Morgan fingerprint density at radius 2 is 1.41 bits per heavy atom. The van der Waals surface area contributed by atoms with Crippen molar-refractivity contribution in [3.05, 3.63) is 75.9 Å². The van der Waals surface area contributed by atoms with Crippen molar-refractivity contribution in [2.45, 2.75) is 92.4 Å². The van der Waals surface area contributed by atoms with Gasteiger partial charge in [-0.05, 0) is 85.8 Å². The van der Waals surface area contributed by atoms with E-state index in [1.165, 1.54) is 59.1 Å². The molecule has 0 heteroatoms. The Labute approximate surface area is 180 Å². The Bertz CT molecular complexity index is 805. The Hall–Kier alpha value is -1.82. The molecule has 0 nitrogen and oxygen atoms in total. The highest BCUT2D eigenvalue weighted by atomic mass is 14.3. The largest absolute Gasteiger partial charge is 0.0839 e. The van der Waals surface area contributed by atoms with Crippen LogP contribution in [-0.4, -0.2) is 0 Å². The lowest BCUT2D eigenvalue weighted by Gasteiger charge is -2.34. The first kappa shape index (κ1) is 23.5. The standard InChI is InChI=1S/C29H42/c1-8-13-22(4)14-11-12-15-26-17-19-28(21-25(26)7)29(9-2,10-3)27-18-16-23(5)24(6)20-27/h12,15-22H,8-11,13-14H2,1-7H3/b15-12+. The van der Waals surface area contributed by atoms with E-state index in [4.69, 9.17) is 0 Å². The van der Waals surface area contributed by atoms with Gasteiger partial charge in [0.05, 0.1) is 0 Å². The summed E-state index contributed by atoms with van der Waals surface area (Å²) in [6.07, 6.45) is 12.0. The van der Waals surface area contributed by atoms with Gasteiger partial charge < -0.3 is 0 Å². The van der Waals surface area contributed by atoms with Crippen LogP contribution in [0.15, 0.2) is 42.5 Å². The smallest absolute Gasteiger partial charge is 0.0197 e. The number of rotatable bonds is 10. The summed E-state index contributed by atoms with van der Waals surface area (Å²) >= 11 is 0. The third-order valence-electron chi connectivity index (χ3n) is 6.99. The fourth-order valence-electron chi connectivity index (χ4n) is 4.66. The first-order valence-electron chi connectivity index (χ1n) is 11.7. The molecule has 0 aliphatic rings. The molecule has 0 aliphatic heterocycles.